The number of rotatable bonds is 4. The van der Waals surface area contributed by atoms with Gasteiger partial charge < -0.3 is 4.90 Å². The van der Waals surface area contributed by atoms with Crippen molar-refractivity contribution in [2.24, 2.45) is 0 Å². The Morgan fingerprint density at radius 3 is 2.31 bits per heavy atom. The van der Waals surface area contributed by atoms with E-state index >= 15 is 0 Å². The Balaban J connectivity index is 2.13. The first kappa shape index (κ1) is 18.4. The summed E-state index contributed by atoms with van der Waals surface area (Å²) < 4.78 is 0. The van der Waals surface area contributed by atoms with Crippen LogP contribution in [0.4, 0.5) is 5.69 Å². The average molecular weight is 385 g/mol. The zero-order valence-electron chi connectivity index (χ0n) is 14.5. The largest absolute Gasteiger partial charge is 0.301 e. The third-order valence-electron chi connectivity index (χ3n) is 4.26. The van der Waals surface area contributed by atoms with E-state index in [0.717, 1.165) is 11.1 Å². The predicted octanol–water partition coefficient (Wildman–Crippen LogP) is 6.10. The summed E-state index contributed by atoms with van der Waals surface area (Å²) >= 11 is 12.4. The molecule has 1 atom stereocenters. The highest BCUT2D eigenvalue weighted by Crippen LogP contribution is 2.33. The van der Waals surface area contributed by atoms with Crippen molar-refractivity contribution in [1.29, 1.82) is 0 Å². The number of hydrogen-bond acceptors (Lipinski definition) is 2. The lowest BCUT2D eigenvalue weighted by Gasteiger charge is -2.30. The second kappa shape index (κ2) is 7.90. The summed E-state index contributed by atoms with van der Waals surface area (Å²) in [4.78, 5) is 19.2. The number of anilines is 1. The molecule has 0 spiro atoms. The molecule has 5 heteroatoms. The number of benzene rings is 2. The zero-order chi connectivity index (χ0) is 18.7. The fourth-order valence-corrected chi connectivity index (χ4v) is 3.43. The molecule has 0 aliphatic carbocycles. The molecule has 0 saturated carbocycles. The van der Waals surface area contributed by atoms with E-state index in [0.29, 0.717) is 21.3 Å². The van der Waals surface area contributed by atoms with Crippen molar-refractivity contribution in [3.8, 4) is 0 Å². The van der Waals surface area contributed by atoms with Crippen molar-refractivity contribution in [2.75, 3.05) is 4.90 Å². The van der Waals surface area contributed by atoms with Crippen LogP contribution in [-0.4, -0.2) is 10.9 Å². The van der Waals surface area contributed by atoms with Crippen LogP contribution in [0.3, 0.4) is 0 Å². The molecule has 132 valence electrons. The van der Waals surface area contributed by atoms with Crippen molar-refractivity contribution in [2.45, 2.75) is 19.9 Å². The van der Waals surface area contributed by atoms with Gasteiger partial charge in [0.05, 0.1) is 6.04 Å². The van der Waals surface area contributed by atoms with Crippen molar-refractivity contribution < 1.29 is 4.79 Å². The topological polar surface area (TPSA) is 33.2 Å². The normalized spacial score (nSPS) is 11.8. The maximum absolute atomic E-state index is 13.4. The quantitative estimate of drug-likeness (QED) is 0.543. The van der Waals surface area contributed by atoms with Crippen LogP contribution in [0.2, 0.25) is 10.0 Å². The molecule has 0 saturated heterocycles. The summed E-state index contributed by atoms with van der Waals surface area (Å²) in [6.45, 7) is 3.86. The van der Waals surface area contributed by atoms with Gasteiger partial charge in [0.1, 0.15) is 0 Å². The molecule has 3 aromatic rings. The van der Waals surface area contributed by atoms with Gasteiger partial charge >= 0.3 is 0 Å². The second-order valence-corrected chi connectivity index (χ2v) is 6.95. The number of aryl methyl sites for hydroxylation is 1. The Labute approximate surface area is 163 Å². The third kappa shape index (κ3) is 3.90. The first-order chi connectivity index (χ1) is 12.5. The minimum absolute atomic E-state index is 0.125. The van der Waals surface area contributed by atoms with Gasteiger partial charge in [0.15, 0.2) is 0 Å². The Morgan fingerprint density at radius 2 is 1.69 bits per heavy atom. The second-order valence-electron chi connectivity index (χ2n) is 6.08. The number of amides is 1. The number of carbonyl (C=O) groups is 1. The maximum atomic E-state index is 13.4. The van der Waals surface area contributed by atoms with Crippen LogP contribution in [0.1, 0.15) is 34.5 Å². The molecule has 3 rings (SSSR count). The Kier molecular flexibility index (Phi) is 5.60. The highest BCUT2D eigenvalue weighted by atomic mass is 35.5. The van der Waals surface area contributed by atoms with E-state index in [4.69, 9.17) is 23.2 Å². The van der Waals surface area contributed by atoms with Gasteiger partial charge in [-0.1, -0.05) is 53.5 Å². The molecular weight excluding hydrogens is 367 g/mol. The molecule has 26 heavy (non-hydrogen) atoms. The van der Waals surface area contributed by atoms with Gasteiger partial charge in [-0.15, -0.1) is 0 Å². The van der Waals surface area contributed by atoms with Crippen LogP contribution in [0.5, 0.6) is 0 Å². The number of hydrogen-bond donors (Lipinski definition) is 0. The highest BCUT2D eigenvalue weighted by molar-refractivity contribution is 6.35. The van der Waals surface area contributed by atoms with E-state index in [-0.39, 0.29) is 11.9 Å². The molecule has 1 amide bonds. The van der Waals surface area contributed by atoms with Crippen molar-refractivity contribution >= 4 is 34.8 Å². The SMILES string of the molecule is Cc1cnccc1C(=O)N(c1cc(Cl)cc(Cl)c1)C(C)c1ccccc1. The molecule has 1 unspecified atom stereocenters. The van der Waals surface area contributed by atoms with E-state index in [1.54, 1.807) is 41.6 Å². The Hall–Kier alpha value is -2.36. The minimum atomic E-state index is -0.203. The molecule has 2 aromatic carbocycles. The first-order valence-electron chi connectivity index (χ1n) is 8.22. The van der Waals surface area contributed by atoms with Crippen LogP contribution in [-0.2, 0) is 0 Å². The molecule has 0 N–H and O–H groups in total. The van der Waals surface area contributed by atoms with Crippen molar-refractivity contribution in [3.05, 3.63) is 93.7 Å². The van der Waals surface area contributed by atoms with Crippen LogP contribution in [0.25, 0.3) is 0 Å². The molecule has 1 heterocycles. The minimum Gasteiger partial charge on any atom is -0.301 e. The number of halogens is 2. The molecule has 0 radical (unpaired) electrons. The van der Waals surface area contributed by atoms with Gasteiger partial charge in [-0.05, 0) is 49.2 Å². The van der Waals surface area contributed by atoms with Gasteiger partial charge in [0, 0.05) is 33.7 Å². The highest BCUT2D eigenvalue weighted by Gasteiger charge is 2.26. The lowest BCUT2D eigenvalue weighted by molar-refractivity contribution is 0.0977. The van der Waals surface area contributed by atoms with E-state index in [1.165, 1.54) is 0 Å². The number of aromatic nitrogens is 1. The molecule has 0 fully saturated rings. The van der Waals surface area contributed by atoms with E-state index < -0.39 is 0 Å². The van der Waals surface area contributed by atoms with Gasteiger partial charge in [-0.3, -0.25) is 9.78 Å². The van der Waals surface area contributed by atoms with Gasteiger partial charge in [0.25, 0.3) is 5.91 Å². The molecule has 0 aliphatic rings. The fraction of sp³-hybridized carbons (Fsp3) is 0.143. The lowest BCUT2D eigenvalue weighted by atomic mass is 10.0. The summed E-state index contributed by atoms with van der Waals surface area (Å²) in [5.41, 5.74) is 3.08. The van der Waals surface area contributed by atoms with Gasteiger partial charge in [0.2, 0.25) is 0 Å². The molecule has 3 nitrogen and oxygen atoms in total. The van der Waals surface area contributed by atoms with Crippen molar-refractivity contribution in [3.63, 3.8) is 0 Å². The maximum Gasteiger partial charge on any atom is 0.259 e. The van der Waals surface area contributed by atoms with Crippen molar-refractivity contribution in [1.82, 2.24) is 4.98 Å². The third-order valence-corrected chi connectivity index (χ3v) is 4.70. The van der Waals surface area contributed by atoms with Crippen LogP contribution in [0.15, 0.2) is 67.0 Å². The summed E-state index contributed by atoms with van der Waals surface area (Å²) in [5, 5.41) is 0.967. The van der Waals surface area contributed by atoms with Gasteiger partial charge in [-0.2, -0.15) is 0 Å². The first-order valence-corrected chi connectivity index (χ1v) is 8.98. The summed E-state index contributed by atoms with van der Waals surface area (Å²) in [5.74, 6) is -0.125. The number of nitrogens with zero attached hydrogens (tertiary/aromatic N) is 2. The smallest absolute Gasteiger partial charge is 0.259 e. The fourth-order valence-electron chi connectivity index (χ4n) is 2.92. The molecular formula is C21H18Cl2N2O. The van der Waals surface area contributed by atoms with Crippen LogP contribution in [0, 0.1) is 6.92 Å². The summed E-state index contributed by atoms with van der Waals surface area (Å²) in [7, 11) is 0. The predicted molar refractivity (Wildman–Crippen MR) is 107 cm³/mol. The average Bonchev–Trinajstić information content (AvgIpc) is 2.62. The van der Waals surface area contributed by atoms with Crippen LogP contribution >= 0.6 is 23.2 Å². The van der Waals surface area contributed by atoms with E-state index in [1.807, 2.05) is 44.2 Å². The lowest BCUT2D eigenvalue weighted by Crippen LogP contribution is -2.34. The number of pyridine rings is 1. The van der Waals surface area contributed by atoms with E-state index in [2.05, 4.69) is 4.98 Å². The van der Waals surface area contributed by atoms with Gasteiger partial charge in [-0.25, -0.2) is 0 Å². The Bertz CT molecular complexity index is 908. The standard InChI is InChI=1S/C21H18Cl2N2O/c1-14-13-24-9-8-20(14)21(26)25(15(2)16-6-4-3-5-7-16)19-11-17(22)10-18(23)12-19/h3-13,15H,1-2H3. The molecule has 0 bridgehead atoms. The number of carbonyl (C=O) groups excluding carboxylic acids is 1. The zero-order valence-corrected chi connectivity index (χ0v) is 16.0. The van der Waals surface area contributed by atoms with E-state index in [9.17, 15) is 4.79 Å². The summed E-state index contributed by atoms with van der Waals surface area (Å²) in [6, 6.07) is 16.5. The summed E-state index contributed by atoms with van der Waals surface area (Å²) in [6.07, 6.45) is 3.31. The van der Waals surface area contributed by atoms with Crippen LogP contribution < -0.4 is 4.90 Å². The molecule has 1 aromatic heterocycles. The molecule has 0 aliphatic heterocycles. The Morgan fingerprint density at radius 1 is 1.04 bits per heavy atom. The monoisotopic (exact) mass is 384 g/mol.